The van der Waals surface area contributed by atoms with Crippen LogP contribution in [-0.2, 0) is 10.2 Å². The molecule has 2 N–H and O–H groups in total. The fraction of sp³-hybridized carbons (Fsp3) is 0.357. The van der Waals surface area contributed by atoms with Crippen molar-refractivity contribution in [3.63, 3.8) is 0 Å². The van der Waals surface area contributed by atoms with Crippen LogP contribution in [0.3, 0.4) is 0 Å². The van der Waals surface area contributed by atoms with Crippen molar-refractivity contribution in [1.82, 2.24) is 15.0 Å². The fourth-order valence-corrected chi connectivity index (χ4v) is 2.52. The summed E-state index contributed by atoms with van der Waals surface area (Å²) < 4.78 is 0. The molecule has 19 heavy (non-hydrogen) atoms. The third kappa shape index (κ3) is 1.73. The van der Waals surface area contributed by atoms with Gasteiger partial charge in [-0.1, -0.05) is 12.5 Å². The van der Waals surface area contributed by atoms with Crippen LogP contribution >= 0.6 is 0 Å². The molecule has 1 fully saturated rings. The van der Waals surface area contributed by atoms with E-state index in [9.17, 15) is 9.90 Å². The number of aromatic nitrogens is 3. The zero-order valence-electron chi connectivity index (χ0n) is 10.7. The Morgan fingerprint density at radius 3 is 2.74 bits per heavy atom. The van der Waals surface area contributed by atoms with Gasteiger partial charge in [0.25, 0.3) is 0 Å². The molecule has 5 heteroatoms. The minimum atomic E-state index is -0.822. The number of hydrogen-bond acceptors (Lipinski definition) is 3. The maximum absolute atomic E-state index is 11.5. The highest BCUT2D eigenvalue weighted by atomic mass is 16.4. The first-order chi connectivity index (χ1) is 9.13. The number of aliphatic carboxylic acids is 1. The number of carboxylic acid groups (broad SMARTS) is 1. The van der Waals surface area contributed by atoms with E-state index in [1.54, 1.807) is 6.20 Å². The third-order valence-electron chi connectivity index (χ3n) is 3.86. The van der Waals surface area contributed by atoms with Gasteiger partial charge in [-0.15, -0.1) is 0 Å². The number of hydrogen-bond donors (Lipinski definition) is 2. The molecule has 0 unspecified atom stereocenters. The van der Waals surface area contributed by atoms with Gasteiger partial charge in [0.1, 0.15) is 16.9 Å². The number of H-pyrrole nitrogens is 1. The zero-order chi connectivity index (χ0) is 13.5. The minimum absolute atomic E-state index is 0.560. The lowest BCUT2D eigenvalue weighted by atomic mass is 9.68. The summed E-state index contributed by atoms with van der Waals surface area (Å²) >= 11 is 0. The second-order valence-corrected chi connectivity index (χ2v) is 5.01. The van der Waals surface area contributed by atoms with Crippen LogP contribution in [0.2, 0.25) is 0 Å². The summed E-state index contributed by atoms with van der Waals surface area (Å²) in [6.07, 6.45) is 3.94. The molecule has 0 amide bonds. The Kier molecular flexibility index (Phi) is 2.62. The van der Waals surface area contributed by atoms with Crippen LogP contribution in [0.4, 0.5) is 0 Å². The maximum Gasteiger partial charge on any atom is 0.317 e. The number of pyridine rings is 1. The first-order valence-corrected chi connectivity index (χ1v) is 6.35. The van der Waals surface area contributed by atoms with Crippen LogP contribution < -0.4 is 0 Å². The molecule has 5 nitrogen and oxygen atoms in total. The Hall–Kier alpha value is -2.17. The maximum atomic E-state index is 11.5. The van der Waals surface area contributed by atoms with Crippen molar-refractivity contribution in [1.29, 1.82) is 0 Å². The van der Waals surface area contributed by atoms with Crippen LogP contribution in [-0.4, -0.2) is 26.0 Å². The van der Waals surface area contributed by atoms with Crippen LogP contribution in [0.5, 0.6) is 0 Å². The monoisotopic (exact) mass is 257 g/mol. The minimum Gasteiger partial charge on any atom is -0.480 e. The molecule has 0 bridgehead atoms. The molecule has 0 spiro atoms. The lowest BCUT2D eigenvalue weighted by Gasteiger charge is -2.35. The molecular weight excluding hydrogens is 242 g/mol. The van der Waals surface area contributed by atoms with Crippen molar-refractivity contribution < 1.29 is 9.90 Å². The van der Waals surface area contributed by atoms with Gasteiger partial charge in [-0.3, -0.25) is 9.78 Å². The molecule has 0 aliphatic heterocycles. The van der Waals surface area contributed by atoms with Gasteiger partial charge in [-0.05, 0) is 31.9 Å². The third-order valence-corrected chi connectivity index (χ3v) is 3.86. The standard InChI is InChI=1S/C14H15N3O2/c1-9-11(10-5-2-3-8-15-10)17-12(16-9)14(13(18)19)6-4-7-14/h2-3,5,8H,4,6-7H2,1H3,(H,16,17)(H,18,19). The lowest BCUT2D eigenvalue weighted by Crippen LogP contribution is -2.43. The smallest absolute Gasteiger partial charge is 0.317 e. The van der Waals surface area contributed by atoms with Gasteiger partial charge in [-0.25, -0.2) is 4.98 Å². The van der Waals surface area contributed by atoms with Crippen LogP contribution in [0.25, 0.3) is 11.4 Å². The van der Waals surface area contributed by atoms with Crippen LogP contribution in [0, 0.1) is 6.92 Å². The SMILES string of the molecule is Cc1[nH]c(C2(C(=O)O)CCC2)nc1-c1ccccn1. The quantitative estimate of drug-likeness (QED) is 0.884. The largest absolute Gasteiger partial charge is 0.480 e. The van der Waals surface area contributed by atoms with Gasteiger partial charge in [0.05, 0.1) is 5.69 Å². The molecule has 2 heterocycles. The van der Waals surface area contributed by atoms with Gasteiger partial charge in [0.2, 0.25) is 0 Å². The van der Waals surface area contributed by atoms with Gasteiger partial charge < -0.3 is 10.1 Å². The van der Waals surface area contributed by atoms with E-state index in [0.717, 1.165) is 23.5 Å². The number of nitrogens with zero attached hydrogens (tertiary/aromatic N) is 2. The molecule has 3 rings (SSSR count). The number of imidazole rings is 1. The summed E-state index contributed by atoms with van der Waals surface area (Å²) in [4.78, 5) is 23.4. The number of carbonyl (C=O) groups is 1. The summed E-state index contributed by atoms with van der Waals surface area (Å²) in [5, 5.41) is 9.43. The molecule has 0 saturated heterocycles. The Morgan fingerprint density at radius 2 is 2.21 bits per heavy atom. The second-order valence-electron chi connectivity index (χ2n) is 5.01. The van der Waals surface area contributed by atoms with Gasteiger partial charge in [0.15, 0.2) is 0 Å². The van der Waals surface area contributed by atoms with E-state index in [4.69, 9.17) is 0 Å². The second kappa shape index (κ2) is 4.19. The molecule has 1 aliphatic rings. The average Bonchev–Trinajstić information content (AvgIpc) is 2.70. The first-order valence-electron chi connectivity index (χ1n) is 6.35. The van der Waals surface area contributed by atoms with E-state index in [1.165, 1.54) is 0 Å². The fourth-order valence-electron chi connectivity index (χ4n) is 2.52. The summed E-state index contributed by atoms with van der Waals surface area (Å²) in [7, 11) is 0. The van der Waals surface area contributed by atoms with Crippen molar-refractivity contribution >= 4 is 5.97 Å². The molecule has 2 aromatic heterocycles. The van der Waals surface area contributed by atoms with Crippen molar-refractivity contribution in [2.24, 2.45) is 0 Å². The molecule has 98 valence electrons. The van der Waals surface area contributed by atoms with Crippen molar-refractivity contribution in [2.45, 2.75) is 31.6 Å². The van der Waals surface area contributed by atoms with Gasteiger partial charge in [-0.2, -0.15) is 0 Å². The molecule has 2 aromatic rings. The van der Waals surface area contributed by atoms with E-state index in [-0.39, 0.29) is 0 Å². The van der Waals surface area contributed by atoms with E-state index in [0.29, 0.717) is 18.7 Å². The molecular formula is C14H15N3O2. The highest BCUT2D eigenvalue weighted by Crippen LogP contribution is 2.43. The summed E-state index contributed by atoms with van der Waals surface area (Å²) in [5.74, 6) is -0.232. The van der Waals surface area contributed by atoms with Crippen LogP contribution in [0.1, 0.15) is 30.8 Å². The Labute approximate surface area is 110 Å². The normalized spacial score (nSPS) is 16.9. The summed E-state index contributed by atoms with van der Waals surface area (Å²) in [6.45, 7) is 1.90. The van der Waals surface area contributed by atoms with E-state index in [1.807, 2.05) is 25.1 Å². The predicted molar refractivity (Wildman–Crippen MR) is 69.7 cm³/mol. The average molecular weight is 257 g/mol. The first kappa shape index (κ1) is 11.9. The molecule has 0 aromatic carbocycles. The topological polar surface area (TPSA) is 78.9 Å². The van der Waals surface area contributed by atoms with E-state index < -0.39 is 11.4 Å². The number of rotatable bonds is 3. The molecule has 1 saturated carbocycles. The summed E-state index contributed by atoms with van der Waals surface area (Å²) in [5.41, 5.74) is 1.55. The molecule has 0 radical (unpaired) electrons. The number of aryl methyl sites for hydroxylation is 1. The van der Waals surface area contributed by atoms with Crippen molar-refractivity contribution in [3.8, 4) is 11.4 Å². The lowest BCUT2D eigenvalue weighted by molar-refractivity contribution is -0.147. The Balaban J connectivity index is 2.05. The van der Waals surface area contributed by atoms with Crippen LogP contribution in [0.15, 0.2) is 24.4 Å². The van der Waals surface area contributed by atoms with E-state index in [2.05, 4.69) is 15.0 Å². The Bertz CT molecular complexity index is 615. The van der Waals surface area contributed by atoms with Crippen molar-refractivity contribution in [3.05, 3.63) is 35.9 Å². The number of aromatic amines is 1. The Morgan fingerprint density at radius 1 is 1.42 bits per heavy atom. The van der Waals surface area contributed by atoms with Gasteiger partial charge in [0, 0.05) is 11.9 Å². The number of nitrogens with one attached hydrogen (secondary N) is 1. The van der Waals surface area contributed by atoms with Gasteiger partial charge >= 0.3 is 5.97 Å². The molecule has 0 atom stereocenters. The summed E-state index contributed by atoms with van der Waals surface area (Å²) in [6, 6.07) is 5.62. The zero-order valence-corrected chi connectivity index (χ0v) is 10.7. The van der Waals surface area contributed by atoms with E-state index >= 15 is 0 Å². The number of carboxylic acids is 1. The highest BCUT2D eigenvalue weighted by molar-refractivity contribution is 5.81. The highest BCUT2D eigenvalue weighted by Gasteiger charge is 2.48. The van der Waals surface area contributed by atoms with Crippen molar-refractivity contribution in [2.75, 3.05) is 0 Å². The molecule has 1 aliphatic carbocycles. The predicted octanol–water partition coefficient (Wildman–Crippen LogP) is 2.29.